The maximum absolute atomic E-state index is 12.9. The van der Waals surface area contributed by atoms with Crippen molar-refractivity contribution >= 4 is 11.9 Å². The van der Waals surface area contributed by atoms with Gasteiger partial charge >= 0.3 is 12.1 Å². The van der Waals surface area contributed by atoms with Crippen molar-refractivity contribution in [3.8, 4) is 28.7 Å². The third-order valence-electron chi connectivity index (χ3n) is 6.07. The Bertz CT molecular complexity index is 1510. The molecule has 1 atom stereocenters. The van der Waals surface area contributed by atoms with E-state index in [0.717, 1.165) is 17.7 Å². The second-order valence-corrected chi connectivity index (χ2v) is 8.79. The smallest absolute Gasteiger partial charge is 0.416 e. The van der Waals surface area contributed by atoms with Gasteiger partial charge in [0.15, 0.2) is 0 Å². The maximum Gasteiger partial charge on any atom is 0.416 e. The number of carbonyl (C=O) groups is 2. The molecule has 0 spiro atoms. The summed E-state index contributed by atoms with van der Waals surface area (Å²) in [5.41, 5.74) is 2.01. The minimum atomic E-state index is -4.42. The third-order valence-corrected chi connectivity index (χ3v) is 6.07. The highest BCUT2D eigenvalue weighted by molar-refractivity contribution is 5.97. The average molecular weight is 545 g/mol. The number of benzene rings is 4. The van der Waals surface area contributed by atoms with Crippen LogP contribution in [0.25, 0.3) is 11.1 Å². The molecule has 0 bridgehead atoms. The van der Waals surface area contributed by atoms with E-state index in [1.807, 2.05) is 6.07 Å². The van der Waals surface area contributed by atoms with Crippen molar-refractivity contribution in [3.63, 3.8) is 0 Å². The summed E-state index contributed by atoms with van der Waals surface area (Å²) in [6.45, 7) is 0. The van der Waals surface area contributed by atoms with Crippen molar-refractivity contribution in [1.29, 1.82) is 5.26 Å². The number of ether oxygens (including phenoxy) is 2. The highest BCUT2D eigenvalue weighted by atomic mass is 19.4. The summed E-state index contributed by atoms with van der Waals surface area (Å²) >= 11 is 0. The van der Waals surface area contributed by atoms with E-state index in [-0.39, 0.29) is 12.0 Å². The van der Waals surface area contributed by atoms with Crippen LogP contribution in [0.2, 0.25) is 0 Å². The van der Waals surface area contributed by atoms with Gasteiger partial charge in [0.1, 0.15) is 17.5 Å². The second-order valence-electron chi connectivity index (χ2n) is 8.79. The van der Waals surface area contributed by atoms with E-state index >= 15 is 0 Å². The van der Waals surface area contributed by atoms with Gasteiger partial charge in [-0.1, -0.05) is 36.4 Å². The molecule has 0 radical (unpaired) electrons. The number of nitriles is 1. The first kappa shape index (κ1) is 27.9. The van der Waals surface area contributed by atoms with Crippen LogP contribution >= 0.6 is 0 Å². The van der Waals surface area contributed by atoms with Crippen LogP contribution in [0, 0.1) is 11.3 Å². The number of alkyl halides is 3. The van der Waals surface area contributed by atoms with Crippen molar-refractivity contribution in [1.82, 2.24) is 5.32 Å². The Morgan fingerprint density at radius 3 is 1.85 bits per heavy atom. The topological polar surface area (TPSA) is 88.4 Å². The van der Waals surface area contributed by atoms with Crippen LogP contribution in [-0.2, 0) is 22.1 Å². The molecule has 1 unspecified atom stereocenters. The molecule has 0 fully saturated rings. The molecule has 0 aliphatic rings. The summed E-state index contributed by atoms with van der Waals surface area (Å²) in [5, 5.41) is 11.6. The van der Waals surface area contributed by atoms with Crippen LogP contribution in [0.1, 0.15) is 27.0 Å². The average Bonchev–Trinajstić information content (AvgIpc) is 2.97. The van der Waals surface area contributed by atoms with Gasteiger partial charge in [0, 0.05) is 12.0 Å². The van der Waals surface area contributed by atoms with Gasteiger partial charge < -0.3 is 14.8 Å². The van der Waals surface area contributed by atoms with Crippen molar-refractivity contribution in [2.75, 3.05) is 7.11 Å². The third kappa shape index (κ3) is 7.05. The Morgan fingerprint density at radius 1 is 0.825 bits per heavy atom. The predicted octanol–water partition coefficient (Wildman–Crippen LogP) is 6.55. The van der Waals surface area contributed by atoms with E-state index in [0.29, 0.717) is 28.2 Å². The lowest BCUT2D eigenvalue weighted by molar-refractivity contribution is -0.143. The molecule has 0 heterocycles. The summed E-state index contributed by atoms with van der Waals surface area (Å²) < 4.78 is 49.1. The fraction of sp³-hybridized carbons (Fsp3) is 0.129. The molecule has 1 amide bonds. The molecule has 1 N–H and O–H groups in total. The molecule has 202 valence electrons. The van der Waals surface area contributed by atoms with Gasteiger partial charge in [0.2, 0.25) is 0 Å². The highest BCUT2D eigenvalue weighted by Gasteiger charge is 2.30. The standard InChI is InChI=1S/C31H23F3N2O4/c1-39-30(38)28(18-20-2-14-26(15-3-20)40-27-16-4-21(19-35)5-17-27)36-29(37)24-8-6-22(7-9-24)23-10-12-25(13-11-23)31(32,33)34/h2-17,28H,18H2,1H3,(H,36,37). The Kier molecular flexibility index (Phi) is 8.50. The van der Waals surface area contributed by atoms with Crippen LogP contribution in [0.4, 0.5) is 13.2 Å². The highest BCUT2D eigenvalue weighted by Crippen LogP contribution is 2.31. The summed E-state index contributed by atoms with van der Waals surface area (Å²) in [7, 11) is 1.23. The number of amides is 1. The zero-order chi connectivity index (χ0) is 28.7. The quantitative estimate of drug-likeness (QED) is 0.254. The molecule has 6 nitrogen and oxygen atoms in total. The molecule has 0 saturated carbocycles. The molecule has 4 rings (SSSR count). The van der Waals surface area contributed by atoms with Gasteiger partial charge in [-0.15, -0.1) is 0 Å². The van der Waals surface area contributed by atoms with Gasteiger partial charge in [-0.2, -0.15) is 18.4 Å². The van der Waals surface area contributed by atoms with E-state index in [9.17, 15) is 22.8 Å². The summed E-state index contributed by atoms with van der Waals surface area (Å²) in [4.78, 5) is 25.3. The molecule has 4 aromatic carbocycles. The maximum atomic E-state index is 12.9. The molecule has 0 saturated heterocycles. The number of nitrogens with one attached hydrogen (secondary N) is 1. The van der Waals surface area contributed by atoms with Gasteiger partial charge in [-0.05, 0) is 77.4 Å². The largest absolute Gasteiger partial charge is 0.467 e. The fourth-order valence-corrected chi connectivity index (χ4v) is 3.91. The molecular formula is C31H23F3N2O4. The molecule has 9 heteroatoms. The number of halogens is 3. The number of carbonyl (C=O) groups excluding carboxylic acids is 2. The number of nitrogens with zero attached hydrogens (tertiary/aromatic N) is 1. The first-order valence-electron chi connectivity index (χ1n) is 12.1. The first-order valence-corrected chi connectivity index (χ1v) is 12.1. The van der Waals surface area contributed by atoms with Crippen LogP contribution in [0.3, 0.4) is 0 Å². The van der Waals surface area contributed by atoms with Crippen LogP contribution in [0.5, 0.6) is 11.5 Å². The van der Waals surface area contributed by atoms with Crippen LogP contribution in [0.15, 0.2) is 97.1 Å². The monoisotopic (exact) mass is 544 g/mol. The summed E-state index contributed by atoms with van der Waals surface area (Å²) in [6.07, 6.45) is -4.25. The van der Waals surface area contributed by atoms with Crippen molar-refractivity contribution < 1.29 is 32.2 Å². The van der Waals surface area contributed by atoms with Crippen LogP contribution < -0.4 is 10.1 Å². The summed E-state index contributed by atoms with van der Waals surface area (Å²) in [6, 6.07) is 25.8. The van der Waals surface area contributed by atoms with Crippen molar-refractivity contribution in [2.24, 2.45) is 0 Å². The van der Waals surface area contributed by atoms with Gasteiger partial charge in [0.25, 0.3) is 5.91 Å². The lowest BCUT2D eigenvalue weighted by Crippen LogP contribution is -2.43. The Morgan fingerprint density at radius 2 is 1.35 bits per heavy atom. The number of esters is 1. The SMILES string of the molecule is COC(=O)C(Cc1ccc(Oc2ccc(C#N)cc2)cc1)NC(=O)c1ccc(-c2ccc(C(F)(F)F)cc2)cc1. The lowest BCUT2D eigenvalue weighted by atomic mass is 10.0. The molecule has 0 aliphatic carbocycles. The number of rotatable bonds is 8. The molecule has 0 aromatic heterocycles. The van der Waals surface area contributed by atoms with Gasteiger partial charge in [-0.25, -0.2) is 4.79 Å². The zero-order valence-corrected chi connectivity index (χ0v) is 21.2. The molecular weight excluding hydrogens is 521 g/mol. The van der Waals surface area contributed by atoms with E-state index in [4.69, 9.17) is 14.7 Å². The second kappa shape index (κ2) is 12.2. The number of hydrogen-bond acceptors (Lipinski definition) is 5. The van der Waals surface area contributed by atoms with Crippen molar-refractivity contribution in [2.45, 2.75) is 18.6 Å². The minimum absolute atomic E-state index is 0.166. The Balaban J connectivity index is 1.40. The first-order chi connectivity index (χ1) is 19.2. The minimum Gasteiger partial charge on any atom is -0.467 e. The summed E-state index contributed by atoms with van der Waals surface area (Å²) in [5.74, 6) is -0.00110. The van der Waals surface area contributed by atoms with E-state index in [1.165, 1.54) is 31.4 Å². The predicted molar refractivity (Wildman–Crippen MR) is 142 cm³/mol. The van der Waals surface area contributed by atoms with Gasteiger partial charge in [-0.3, -0.25) is 4.79 Å². The zero-order valence-electron chi connectivity index (χ0n) is 21.2. The Labute approximate surface area is 228 Å². The number of methoxy groups -OCH3 is 1. The number of hydrogen-bond donors (Lipinski definition) is 1. The fourth-order valence-electron chi connectivity index (χ4n) is 3.91. The van der Waals surface area contributed by atoms with E-state index in [2.05, 4.69) is 5.32 Å². The van der Waals surface area contributed by atoms with E-state index < -0.39 is 29.7 Å². The van der Waals surface area contributed by atoms with Crippen molar-refractivity contribution in [3.05, 3.63) is 119 Å². The lowest BCUT2D eigenvalue weighted by Gasteiger charge is -2.17. The Hall–Kier alpha value is -5.10. The normalized spacial score (nSPS) is 11.7. The van der Waals surface area contributed by atoms with Gasteiger partial charge in [0.05, 0.1) is 24.3 Å². The molecule has 0 aliphatic heterocycles. The molecule has 40 heavy (non-hydrogen) atoms. The van der Waals surface area contributed by atoms with Crippen LogP contribution in [-0.4, -0.2) is 25.0 Å². The van der Waals surface area contributed by atoms with E-state index in [1.54, 1.807) is 60.7 Å². The molecule has 4 aromatic rings.